The van der Waals surface area contributed by atoms with Crippen molar-refractivity contribution in [1.82, 2.24) is 0 Å². The Kier molecular flexibility index (Phi) is 3.39. The molecule has 0 radical (unpaired) electrons. The molecule has 1 heterocycles. The monoisotopic (exact) mass is 395 g/mol. The zero-order valence-electron chi connectivity index (χ0n) is 16.8. The van der Waals surface area contributed by atoms with Crippen LogP contribution >= 0.6 is 0 Å². The van der Waals surface area contributed by atoms with Gasteiger partial charge in [-0.05, 0) is 53.4 Å². The van der Waals surface area contributed by atoms with Gasteiger partial charge in [0.05, 0.1) is 24.1 Å². The Hall–Kier alpha value is -3.40. The number of methoxy groups -OCH3 is 1. The van der Waals surface area contributed by atoms with Crippen LogP contribution < -0.4 is 9.64 Å². The molecule has 4 aliphatic rings. The van der Waals surface area contributed by atoms with Crippen LogP contribution in [0.5, 0.6) is 5.75 Å². The summed E-state index contributed by atoms with van der Waals surface area (Å²) in [5.41, 5.74) is 4.52. The molecule has 1 fully saturated rings. The van der Waals surface area contributed by atoms with Crippen LogP contribution in [0.15, 0.2) is 72.8 Å². The molecular weight excluding hydrogens is 374 g/mol. The zero-order valence-corrected chi connectivity index (χ0v) is 16.8. The van der Waals surface area contributed by atoms with Crippen LogP contribution in [0.4, 0.5) is 5.69 Å². The lowest BCUT2D eigenvalue weighted by Crippen LogP contribution is -2.49. The molecule has 4 nitrogen and oxygen atoms in total. The van der Waals surface area contributed by atoms with E-state index in [-0.39, 0.29) is 23.7 Å². The Morgan fingerprint density at radius 2 is 1.33 bits per heavy atom. The summed E-state index contributed by atoms with van der Waals surface area (Å²) in [5.74, 6) is -0.150. The SMILES string of the molecule is COc1ccc(N2C(=O)[C@H]3C4c5ccccc5C(c5ccccc54)[C@@]3(C)C2=O)cc1. The van der Waals surface area contributed by atoms with Gasteiger partial charge in [0, 0.05) is 11.8 Å². The Morgan fingerprint density at radius 1 is 0.800 bits per heavy atom. The molecule has 2 atom stereocenters. The molecule has 3 aliphatic carbocycles. The number of benzene rings is 3. The van der Waals surface area contributed by atoms with Gasteiger partial charge < -0.3 is 4.74 Å². The molecule has 7 rings (SSSR count). The van der Waals surface area contributed by atoms with Crippen molar-refractivity contribution in [3.05, 3.63) is 95.1 Å². The van der Waals surface area contributed by atoms with E-state index in [0.29, 0.717) is 11.4 Å². The zero-order chi connectivity index (χ0) is 20.6. The predicted molar refractivity (Wildman–Crippen MR) is 114 cm³/mol. The van der Waals surface area contributed by atoms with Gasteiger partial charge >= 0.3 is 0 Å². The van der Waals surface area contributed by atoms with E-state index in [1.807, 2.05) is 31.2 Å². The number of imide groups is 1. The van der Waals surface area contributed by atoms with Crippen LogP contribution in [0, 0.1) is 11.3 Å². The second-order valence-corrected chi connectivity index (χ2v) is 8.61. The number of amides is 2. The number of ether oxygens (including phenoxy) is 1. The number of rotatable bonds is 2. The summed E-state index contributed by atoms with van der Waals surface area (Å²) in [4.78, 5) is 29.1. The van der Waals surface area contributed by atoms with Gasteiger partial charge in [0.15, 0.2) is 0 Å². The quantitative estimate of drug-likeness (QED) is 0.601. The highest BCUT2D eigenvalue weighted by atomic mass is 16.5. The van der Waals surface area contributed by atoms with E-state index >= 15 is 0 Å². The molecule has 2 bridgehead atoms. The maximum atomic E-state index is 13.9. The van der Waals surface area contributed by atoms with Crippen LogP contribution in [0.3, 0.4) is 0 Å². The topological polar surface area (TPSA) is 46.6 Å². The molecule has 30 heavy (non-hydrogen) atoms. The molecular formula is C26H21NO3. The Labute approximate surface area is 175 Å². The number of carbonyl (C=O) groups excluding carboxylic acids is 2. The van der Waals surface area contributed by atoms with Crippen molar-refractivity contribution < 1.29 is 14.3 Å². The summed E-state index contributed by atoms with van der Waals surface area (Å²) in [6, 6.07) is 23.8. The van der Waals surface area contributed by atoms with Crippen LogP contribution in [0.2, 0.25) is 0 Å². The first-order valence-electron chi connectivity index (χ1n) is 10.3. The first-order valence-corrected chi connectivity index (χ1v) is 10.3. The first-order chi connectivity index (χ1) is 14.6. The van der Waals surface area contributed by atoms with E-state index in [9.17, 15) is 9.59 Å². The molecule has 3 aromatic carbocycles. The third-order valence-electron chi connectivity index (χ3n) is 7.34. The van der Waals surface area contributed by atoms with Gasteiger partial charge in [-0.1, -0.05) is 48.5 Å². The van der Waals surface area contributed by atoms with Crippen LogP contribution in [0.25, 0.3) is 0 Å². The van der Waals surface area contributed by atoms with E-state index in [0.717, 1.165) is 0 Å². The van der Waals surface area contributed by atoms with Crippen LogP contribution in [-0.2, 0) is 9.59 Å². The minimum absolute atomic E-state index is 0.105. The molecule has 3 aromatic rings. The smallest absolute Gasteiger partial charge is 0.241 e. The number of carbonyl (C=O) groups is 2. The first kappa shape index (κ1) is 17.5. The Morgan fingerprint density at radius 3 is 1.87 bits per heavy atom. The standard InChI is InChI=1S/C26H21NO3/c1-26-22-19-9-5-3-7-17(19)21(18-8-4-6-10-20(18)22)23(26)24(28)27(25(26)29)15-11-13-16(30-2)14-12-15/h3-14,21-23H,1-2H3/t21?,22?,23-,26-/m1/s1. The number of nitrogens with zero attached hydrogens (tertiary/aromatic N) is 1. The fourth-order valence-corrected chi connectivity index (χ4v) is 6.09. The van der Waals surface area contributed by atoms with E-state index in [1.165, 1.54) is 27.2 Å². The second kappa shape index (κ2) is 5.82. The molecule has 0 unspecified atom stereocenters. The third-order valence-corrected chi connectivity index (χ3v) is 7.34. The summed E-state index contributed by atoms with van der Waals surface area (Å²) in [6.45, 7) is 1.99. The van der Waals surface area contributed by atoms with Gasteiger partial charge in [-0.25, -0.2) is 4.90 Å². The molecule has 4 heteroatoms. The third kappa shape index (κ3) is 1.91. The summed E-state index contributed by atoms with van der Waals surface area (Å²) in [5, 5.41) is 0. The average Bonchev–Trinajstić information content (AvgIpc) is 2.99. The molecule has 1 aliphatic heterocycles. The van der Waals surface area contributed by atoms with E-state index < -0.39 is 11.3 Å². The van der Waals surface area contributed by atoms with Gasteiger partial charge in [-0.15, -0.1) is 0 Å². The molecule has 0 N–H and O–H groups in total. The Bertz CT molecular complexity index is 1170. The van der Waals surface area contributed by atoms with Gasteiger partial charge in [0.2, 0.25) is 11.8 Å². The number of hydrogen-bond acceptors (Lipinski definition) is 3. The lowest BCUT2D eigenvalue weighted by atomic mass is 9.48. The molecule has 0 spiro atoms. The van der Waals surface area contributed by atoms with Crippen LogP contribution in [0.1, 0.15) is 41.0 Å². The van der Waals surface area contributed by atoms with E-state index in [4.69, 9.17) is 4.74 Å². The van der Waals surface area contributed by atoms with Crippen molar-refractivity contribution in [3.8, 4) is 5.75 Å². The fourth-order valence-electron chi connectivity index (χ4n) is 6.09. The van der Waals surface area contributed by atoms with Crippen molar-refractivity contribution in [2.75, 3.05) is 12.0 Å². The lowest BCUT2D eigenvalue weighted by Gasteiger charge is -2.51. The summed E-state index contributed by atoms with van der Waals surface area (Å²) in [7, 11) is 1.60. The predicted octanol–water partition coefficient (Wildman–Crippen LogP) is 4.48. The maximum absolute atomic E-state index is 13.9. The Balaban J connectivity index is 1.58. The van der Waals surface area contributed by atoms with Gasteiger partial charge in [0.1, 0.15) is 5.75 Å². The second-order valence-electron chi connectivity index (χ2n) is 8.61. The van der Waals surface area contributed by atoms with Crippen molar-refractivity contribution in [1.29, 1.82) is 0 Å². The highest BCUT2D eigenvalue weighted by Crippen LogP contribution is 2.67. The molecule has 2 amide bonds. The minimum atomic E-state index is -0.801. The molecule has 148 valence electrons. The molecule has 1 saturated heterocycles. The van der Waals surface area contributed by atoms with Crippen LogP contribution in [-0.4, -0.2) is 18.9 Å². The average molecular weight is 395 g/mol. The normalized spacial score (nSPS) is 28.2. The van der Waals surface area contributed by atoms with Gasteiger partial charge in [-0.2, -0.15) is 0 Å². The van der Waals surface area contributed by atoms with Gasteiger partial charge in [0.25, 0.3) is 0 Å². The van der Waals surface area contributed by atoms with Gasteiger partial charge in [-0.3, -0.25) is 9.59 Å². The largest absolute Gasteiger partial charge is 0.497 e. The molecule has 0 saturated carbocycles. The van der Waals surface area contributed by atoms with Crippen molar-refractivity contribution in [3.63, 3.8) is 0 Å². The van der Waals surface area contributed by atoms with E-state index in [2.05, 4.69) is 24.3 Å². The summed E-state index contributed by atoms with van der Waals surface area (Å²) < 4.78 is 5.24. The fraction of sp³-hybridized carbons (Fsp3) is 0.231. The highest BCUT2D eigenvalue weighted by Gasteiger charge is 2.68. The molecule has 0 aromatic heterocycles. The minimum Gasteiger partial charge on any atom is -0.497 e. The summed E-state index contributed by atoms with van der Waals surface area (Å²) >= 11 is 0. The van der Waals surface area contributed by atoms with Crippen molar-refractivity contribution in [2.45, 2.75) is 18.8 Å². The van der Waals surface area contributed by atoms with Crippen molar-refractivity contribution in [2.24, 2.45) is 11.3 Å². The van der Waals surface area contributed by atoms with E-state index in [1.54, 1.807) is 31.4 Å². The highest BCUT2D eigenvalue weighted by molar-refractivity contribution is 6.25. The number of hydrogen-bond donors (Lipinski definition) is 0. The maximum Gasteiger partial charge on any atom is 0.241 e. The lowest BCUT2D eigenvalue weighted by molar-refractivity contribution is -0.128. The van der Waals surface area contributed by atoms with Crippen molar-refractivity contribution >= 4 is 17.5 Å². The number of anilines is 1. The summed E-state index contributed by atoms with van der Waals surface area (Å²) in [6.07, 6.45) is 0.